The molecule has 6 rings (SSSR count). The summed E-state index contributed by atoms with van der Waals surface area (Å²) < 4.78 is 2.00. The first kappa shape index (κ1) is 17.3. The molecule has 8 nitrogen and oxygen atoms in total. The van der Waals surface area contributed by atoms with E-state index in [4.69, 9.17) is 9.97 Å². The maximum absolute atomic E-state index is 4.99. The number of hydrogen-bond donors (Lipinski definition) is 3. The van der Waals surface area contributed by atoms with Crippen LogP contribution in [-0.4, -0.2) is 47.8 Å². The predicted molar refractivity (Wildman–Crippen MR) is 116 cm³/mol. The summed E-state index contributed by atoms with van der Waals surface area (Å²) in [5.41, 5.74) is 7.48. The fourth-order valence-corrected chi connectivity index (χ4v) is 4.31. The molecular formula is C22H22N8. The molecule has 0 radical (unpaired) electrons. The van der Waals surface area contributed by atoms with E-state index in [0.29, 0.717) is 5.92 Å². The number of hydrogen-bond acceptors (Lipinski definition) is 5. The molecule has 0 bridgehead atoms. The van der Waals surface area contributed by atoms with E-state index in [1.807, 2.05) is 42.2 Å². The van der Waals surface area contributed by atoms with Crippen molar-refractivity contribution in [2.75, 3.05) is 13.1 Å². The molecule has 1 saturated heterocycles. The van der Waals surface area contributed by atoms with Gasteiger partial charge in [0, 0.05) is 17.8 Å². The molecular weight excluding hydrogens is 376 g/mol. The molecule has 1 fully saturated rings. The standard InChI is InChI=1S/C22H22N8/c1-13-11-30(12-24-13)18-4-2-3-16-19(18)27-22(26-16)21-20-17(28-29-21)6-5-15(25-20)14-7-9-23-10-8-14/h2-6,11-12,14,23H,7-10H2,1H3,(H,26,27)(H,28,29). The van der Waals surface area contributed by atoms with Gasteiger partial charge in [0.05, 0.1) is 28.7 Å². The lowest BCUT2D eigenvalue weighted by Crippen LogP contribution is -2.27. The molecule has 0 unspecified atom stereocenters. The quantitative estimate of drug-likeness (QED) is 0.432. The highest BCUT2D eigenvalue weighted by atomic mass is 15.2. The molecule has 5 heterocycles. The first-order valence-corrected chi connectivity index (χ1v) is 10.3. The third-order valence-corrected chi connectivity index (χ3v) is 5.89. The highest BCUT2D eigenvalue weighted by molar-refractivity contribution is 5.92. The Hall–Kier alpha value is -3.52. The molecule has 4 aromatic heterocycles. The lowest BCUT2D eigenvalue weighted by Gasteiger charge is -2.22. The Morgan fingerprint density at radius 3 is 2.73 bits per heavy atom. The van der Waals surface area contributed by atoms with Crippen LogP contribution in [0.4, 0.5) is 0 Å². The molecule has 1 aliphatic rings. The van der Waals surface area contributed by atoms with Gasteiger partial charge < -0.3 is 14.9 Å². The van der Waals surface area contributed by atoms with E-state index in [9.17, 15) is 0 Å². The minimum absolute atomic E-state index is 0.491. The lowest BCUT2D eigenvalue weighted by atomic mass is 9.94. The highest BCUT2D eigenvalue weighted by Crippen LogP contribution is 2.30. The van der Waals surface area contributed by atoms with Crippen LogP contribution in [0.5, 0.6) is 0 Å². The zero-order valence-corrected chi connectivity index (χ0v) is 16.7. The average Bonchev–Trinajstić information content (AvgIpc) is 3.51. The zero-order chi connectivity index (χ0) is 20.1. The number of imidazole rings is 2. The van der Waals surface area contributed by atoms with E-state index in [1.54, 1.807) is 0 Å². The Labute approximate surface area is 172 Å². The van der Waals surface area contributed by atoms with Gasteiger partial charge in [-0.15, -0.1) is 0 Å². The number of pyridine rings is 1. The van der Waals surface area contributed by atoms with E-state index in [2.05, 4.69) is 37.6 Å². The third kappa shape index (κ3) is 2.80. The van der Waals surface area contributed by atoms with E-state index in [0.717, 1.165) is 76.6 Å². The Morgan fingerprint density at radius 2 is 1.90 bits per heavy atom. The number of aromatic nitrogens is 7. The van der Waals surface area contributed by atoms with Gasteiger partial charge in [-0.1, -0.05) is 6.07 Å². The van der Waals surface area contributed by atoms with Crippen LogP contribution in [-0.2, 0) is 0 Å². The second-order valence-corrected chi connectivity index (χ2v) is 7.91. The molecule has 0 amide bonds. The van der Waals surface area contributed by atoms with Crippen LogP contribution in [0.15, 0.2) is 42.9 Å². The Bertz CT molecular complexity index is 1350. The van der Waals surface area contributed by atoms with Crippen molar-refractivity contribution in [3.63, 3.8) is 0 Å². The minimum Gasteiger partial charge on any atom is -0.336 e. The second kappa shape index (κ2) is 6.77. The number of aromatic amines is 2. The SMILES string of the molecule is Cc1cn(-c2cccc3[nH]c(-c4n[nH]c5ccc(C6CCNCC6)nc45)nc23)cn1. The molecule has 150 valence electrons. The summed E-state index contributed by atoms with van der Waals surface area (Å²) in [7, 11) is 0. The molecule has 30 heavy (non-hydrogen) atoms. The third-order valence-electron chi connectivity index (χ3n) is 5.89. The summed E-state index contributed by atoms with van der Waals surface area (Å²) in [6, 6.07) is 10.3. The van der Waals surface area contributed by atoms with E-state index < -0.39 is 0 Å². The zero-order valence-electron chi connectivity index (χ0n) is 16.7. The van der Waals surface area contributed by atoms with Crippen LogP contribution in [0.25, 0.3) is 39.3 Å². The number of benzene rings is 1. The van der Waals surface area contributed by atoms with Crippen molar-refractivity contribution in [3.05, 3.63) is 54.2 Å². The Balaban J connectivity index is 1.47. The number of piperidine rings is 1. The summed E-state index contributed by atoms with van der Waals surface area (Å²) in [5, 5.41) is 11.1. The summed E-state index contributed by atoms with van der Waals surface area (Å²) in [4.78, 5) is 17.7. The second-order valence-electron chi connectivity index (χ2n) is 7.91. The molecule has 0 saturated carbocycles. The number of rotatable bonds is 3. The molecule has 8 heteroatoms. The maximum atomic E-state index is 4.99. The summed E-state index contributed by atoms with van der Waals surface area (Å²) in [6.45, 7) is 4.07. The molecule has 3 N–H and O–H groups in total. The van der Waals surface area contributed by atoms with Crippen molar-refractivity contribution in [2.45, 2.75) is 25.7 Å². The van der Waals surface area contributed by atoms with Gasteiger partial charge in [-0.25, -0.2) is 15.0 Å². The highest BCUT2D eigenvalue weighted by Gasteiger charge is 2.20. The fourth-order valence-electron chi connectivity index (χ4n) is 4.31. The molecule has 0 aliphatic carbocycles. The summed E-state index contributed by atoms with van der Waals surface area (Å²) >= 11 is 0. The molecule has 5 aromatic rings. The summed E-state index contributed by atoms with van der Waals surface area (Å²) in [5.74, 6) is 1.21. The van der Waals surface area contributed by atoms with E-state index in [-0.39, 0.29) is 0 Å². The van der Waals surface area contributed by atoms with Crippen molar-refractivity contribution in [2.24, 2.45) is 0 Å². The van der Waals surface area contributed by atoms with Gasteiger partial charge in [0.15, 0.2) is 11.5 Å². The van der Waals surface area contributed by atoms with Gasteiger partial charge in [0.2, 0.25) is 0 Å². The Kier molecular flexibility index (Phi) is 3.92. The van der Waals surface area contributed by atoms with Crippen molar-refractivity contribution in [1.82, 2.24) is 40.0 Å². The number of para-hydroxylation sites is 1. The van der Waals surface area contributed by atoms with Crippen molar-refractivity contribution in [1.29, 1.82) is 0 Å². The largest absolute Gasteiger partial charge is 0.336 e. The van der Waals surface area contributed by atoms with Crippen LogP contribution in [0.2, 0.25) is 0 Å². The lowest BCUT2D eigenvalue weighted by molar-refractivity contribution is 0.454. The monoisotopic (exact) mass is 398 g/mol. The molecule has 0 atom stereocenters. The first-order chi connectivity index (χ1) is 14.8. The van der Waals surface area contributed by atoms with Crippen molar-refractivity contribution in [3.8, 4) is 17.2 Å². The van der Waals surface area contributed by atoms with Crippen LogP contribution >= 0.6 is 0 Å². The molecule has 1 aromatic carbocycles. The van der Waals surface area contributed by atoms with Gasteiger partial charge in [-0.3, -0.25) is 5.10 Å². The molecule has 0 spiro atoms. The van der Waals surface area contributed by atoms with Gasteiger partial charge in [0.25, 0.3) is 0 Å². The number of fused-ring (bicyclic) bond motifs is 2. The summed E-state index contributed by atoms with van der Waals surface area (Å²) in [6.07, 6.45) is 6.04. The van der Waals surface area contributed by atoms with Crippen molar-refractivity contribution >= 4 is 22.1 Å². The van der Waals surface area contributed by atoms with Crippen LogP contribution in [0.3, 0.4) is 0 Å². The van der Waals surface area contributed by atoms with E-state index >= 15 is 0 Å². The number of nitrogens with zero attached hydrogens (tertiary/aromatic N) is 5. The van der Waals surface area contributed by atoms with Crippen LogP contribution in [0, 0.1) is 6.92 Å². The average molecular weight is 398 g/mol. The van der Waals surface area contributed by atoms with Gasteiger partial charge >= 0.3 is 0 Å². The number of nitrogens with one attached hydrogen (secondary N) is 3. The smallest absolute Gasteiger partial charge is 0.161 e. The van der Waals surface area contributed by atoms with E-state index in [1.165, 1.54) is 0 Å². The van der Waals surface area contributed by atoms with Gasteiger partial charge in [-0.2, -0.15) is 5.10 Å². The van der Waals surface area contributed by atoms with Crippen molar-refractivity contribution < 1.29 is 0 Å². The van der Waals surface area contributed by atoms with Crippen LogP contribution < -0.4 is 5.32 Å². The Morgan fingerprint density at radius 1 is 1.00 bits per heavy atom. The first-order valence-electron chi connectivity index (χ1n) is 10.3. The maximum Gasteiger partial charge on any atom is 0.161 e. The predicted octanol–water partition coefficient (Wildman–Crippen LogP) is 3.46. The minimum atomic E-state index is 0.491. The van der Waals surface area contributed by atoms with Gasteiger partial charge in [-0.05, 0) is 57.1 Å². The molecule has 1 aliphatic heterocycles. The van der Waals surface area contributed by atoms with Crippen LogP contribution in [0.1, 0.15) is 30.1 Å². The number of aryl methyl sites for hydroxylation is 1. The fraction of sp³-hybridized carbons (Fsp3) is 0.273. The number of H-pyrrole nitrogens is 2. The van der Waals surface area contributed by atoms with Gasteiger partial charge in [0.1, 0.15) is 11.0 Å². The topological polar surface area (TPSA) is 100 Å². The normalized spacial score (nSPS) is 15.4.